The molecular weight excluding hydrogens is 260 g/mol. The smallest absolute Gasteiger partial charge is 0.222 e. The highest BCUT2D eigenvalue weighted by atomic mass is 16.2. The third-order valence-electron chi connectivity index (χ3n) is 4.71. The molecule has 3 nitrogen and oxygen atoms in total. The van der Waals surface area contributed by atoms with E-state index in [4.69, 9.17) is 5.73 Å². The van der Waals surface area contributed by atoms with Crippen LogP contribution < -0.4 is 5.73 Å². The molecule has 1 fully saturated rings. The molecule has 0 aromatic carbocycles. The van der Waals surface area contributed by atoms with E-state index in [9.17, 15) is 4.79 Å². The molecule has 0 spiro atoms. The number of likely N-dealkylation sites (tertiary alicyclic amines) is 1. The zero-order valence-corrected chi connectivity index (χ0v) is 14.3. The molecule has 0 saturated carbocycles. The van der Waals surface area contributed by atoms with Gasteiger partial charge in [-0.25, -0.2) is 0 Å². The number of rotatable bonds is 10. The molecule has 0 radical (unpaired) electrons. The number of unbranched alkanes of at least 4 members (excludes halogenated alkanes) is 3. The van der Waals surface area contributed by atoms with Crippen LogP contribution in [0.5, 0.6) is 0 Å². The zero-order chi connectivity index (χ0) is 15.5. The SMILES string of the molecule is CC(C)CCCCC1CCN(C(=O)CCCCCN)CC1. The van der Waals surface area contributed by atoms with Crippen molar-refractivity contribution in [2.75, 3.05) is 19.6 Å². The Hall–Kier alpha value is -0.570. The number of hydrogen-bond acceptors (Lipinski definition) is 2. The average Bonchev–Trinajstić information content (AvgIpc) is 2.48. The third-order valence-corrected chi connectivity index (χ3v) is 4.71. The Kier molecular flexibility index (Phi) is 9.73. The molecule has 1 rings (SSSR count). The van der Waals surface area contributed by atoms with Crippen molar-refractivity contribution in [3.05, 3.63) is 0 Å². The minimum Gasteiger partial charge on any atom is -0.343 e. The summed E-state index contributed by atoms with van der Waals surface area (Å²) in [4.78, 5) is 14.2. The second-order valence-electron chi connectivity index (χ2n) is 7.10. The van der Waals surface area contributed by atoms with Crippen molar-refractivity contribution in [2.45, 2.75) is 78.1 Å². The van der Waals surface area contributed by atoms with Gasteiger partial charge in [0.15, 0.2) is 0 Å². The van der Waals surface area contributed by atoms with Crippen LogP contribution in [0.1, 0.15) is 78.1 Å². The highest BCUT2D eigenvalue weighted by Crippen LogP contribution is 2.24. The first-order valence-corrected chi connectivity index (χ1v) is 9.11. The number of nitrogens with zero attached hydrogens (tertiary/aromatic N) is 1. The maximum absolute atomic E-state index is 12.1. The lowest BCUT2D eigenvalue weighted by Crippen LogP contribution is -2.38. The molecule has 0 aromatic heterocycles. The van der Waals surface area contributed by atoms with Crippen molar-refractivity contribution in [1.82, 2.24) is 4.90 Å². The molecule has 1 aliphatic rings. The van der Waals surface area contributed by atoms with Crippen LogP contribution in [0, 0.1) is 11.8 Å². The van der Waals surface area contributed by atoms with Gasteiger partial charge >= 0.3 is 0 Å². The number of carbonyl (C=O) groups is 1. The number of piperidine rings is 1. The van der Waals surface area contributed by atoms with Gasteiger partial charge in [-0.1, -0.05) is 46.0 Å². The summed E-state index contributed by atoms with van der Waals surface area (Å²) < 4.78 is 0. The maximum atomic E-state index is 12.1. The van der Waals surface area contributed by atoms with Gasteiger partial charge in [-0.3, -0.25) is 4.79 Å². The van der Waals surface area contributed by atoms with Crippen LogP contribution in [0.3, 0.4) is 0 Å². The van der Waals surface area contributed by atoms with Crippen LogP contribution in [0.2, 0.25) is 0 Å². The van der Waals surface area contributed by atoms with Gasteiger partial charge in [0.25, 0.3) is 0 Å². The van der Waals surface area contributed by atoms with Gasteiger partial charge in [-0.15, -0.1) is 0 Å². The zero-order valence-electron chi connectivity index (χ0n) is 14.3. The standard InChI is InChI=1S/C18H36N2O/c1-16(2)8-5-6-9-17-11-14-20(15-12-17)18(21)10-4-3-7-13-19/h16-17H,3-15,19H2,1-2H3. The highest BCUT2D eigenvalue weighted by Gasteiger charge is 2.21. The van der Waals surface area contributed by atoms with Gasteiger partial charge in [0, 0.05) is 19.5 Å². The van der Waals surface area contributed by atoms with E-state index < -0.39 is 0 Å². The quantitative estimate of drug-likeness (QED) is 0.620. The van der Waals surface area contributed by atoms with E-state index in [1.807, 2.05) is 0 Å². The number of carbonyl (C=O) groups excluding carboxylic acids is 1. The van der Waals surface area contributed by atoms with Crippen LogP contribution in [-0.2, 0) is 4.79 Å². The molecule has 0 bridgehead atoms. The normalized spacial score (nSPS) is 16.7. The monoisotopic (exact) mass is 296 g/mol. The first kappa shape index (κ1) is 18.5. The Morgan fingerprint density at radius 3 is 2.43 bits per heavy atom. The van der Waals surface area contributed by atoms with E-state index in [-0.39, 0.29) is 0 Å². The van der Waals surface area contributed by atoms with E-state index in [1.165, 1.54) is 38.5 Å². The summed E-state index contributed by atoms with van der Waals surface area (Å²) in [5.41, 5.74) is 5.47. The highest BCUT2D eigenvalue weighted by molar-refractivity contribution is 5.76. The van der Waals surface area contributed by atoms with E-state index >= 15 is 0 Å². The molecule has 0 aromatic rings. The predicted octanol–water partition coefficient (Wildman–Crippen LogP) is 3.96. The summed E-state index contributed by atoms with van der Waals surface area (Å²) in [6.45, 7) is 7.33. The van der Waals surface area contributed by atoms with Crippen LogP contribution >= 0.6 is 0 Å². The second-order valence-corrected chi connectivity index (χ2v) is 7.10. The molecule has 0 unspecified atom stereocenters. The number of nitrogens with two attached hydrogens (primary N) is 1. The predicted molar refractivity (Wildman–Crippen MR) is 90.1 cm³/mol. The lowest BCUT2D eigenvalue weighted by molar-refractivity contribution is -0.132. The van der Waals surface area contributed by atoms with E-state index in [2.05, 4.69) is 18.7 Å². The fourth-order valence-electron chi connectivity index (χ4n) is 3.21. The number of amides is 1. The van der Waals surface area contributed by atoms with Crippen LogP contribution in [0.4, 0.5) is 0 Å². The van der Waals surface area contributed by atoms with E-state index in [0.717, 1.165) is 57.2 Å². The topological polar surface area (TPSA) is 46.3 Å². The summed E-state index contributed by atoms with van der Waals surface area (Å²) in [6, 6.07) is 0. The van der Waals surface area contributed by atoms with E-state index in [0.29, 0.717) is 5.91 Å². The molecule has 3 heteroatoms. The Morgan fingerprint density at radius 1 is 1.10 bits per heavy atom. The summed E-state index contributed by atoms with van der Waals surface area (Å²) in [6.07, 6.45) is 11.8. The Labute approximate surface area is 131 Å². The van der Waals surface area contributed by atoms with E-state index in [1.54, 1.807) is 0 Å². The number of hydrogen-bond donors (Lipinski definition) is 1. The lowest BCUT2D eigenvalue weighted by Gasteiger charge is -2.32. The fraction of sp³-hybridized carbons (Fsp3) is 0.944. The largest absolute Gasteiger partial charge is 0.343 e. The van der Waals surface area contributed by atoms with Crippen LogP contribution in [-0.4, -0.2) is 30.4 Å². The van der Waals surface area contributed by atoms with Crippen molar-refractivity contribution in [3.8, 4) is 0 Å². The third kappa shape index (κ3) is 8.45. The molecule has 21 heavy (non-hydrogen) atoms. The van der Waals surface area contributed by atoms with Crippen molar-refractivity contribution < 1.29 is 4.79 Å². The Balaban J connectivity index is 2.07. The van der Waals surface area contributed by atoms with Crippen molar-refractivity contribution in [1.29, 1.82) is 0 Å². The summed E-state index contributed by atoms with van der Waals surface area (Å²) in [5.74, 6) is 2.06. The first-order chi connectivity index (χ1) is 10.1. The lowest BCUT2D eigenvalue weighted by atomic mass is 9.90. The summed E-state index contributed by atoms with van der Waals surface area (Å²) >= 11 is 0. The Bertz CT molecular complexity index is 270. The summed E-state index contributed by atoms with van der Waals surface area (Å²) in [7, 11) is 0. The second kappa shape index (κ2) is 11.1. The molecular formula is C18H36N2O. The maximum Gasteiger partial charge on any atom is 0.222 e. The van der Waals surface area contributed by atoms with Gasteiger partial charge in [0.05, 0.1) is 0 Å². The molecule has 1 amide bonds. The fourth-order valence-corrected chi connectivity index (χ4v) is 3.21. The molecule has 1 heterocycles. The summed E-state index contributed by atoms with van der Waals surface area (Å²) in [5, 5.41) is 0. The van der Waals surface area contributed by atoms with Crippen molar-refractivity contribution in [2.24, 2.45) is 17.6 Å². The van der Waals surface area contributed by atoms with Gasteiger partial charge in [-0.2, -0.15) is 0 Å². The van der Waals surface area contributed by atoms with Crippen molar-refractivity contribution in [3.63, 3.8) is 0 Å². The van der Waals surface area contributed by atoms with Gasteiger partial charge in [0.1, 0.15) is 0 Å². The Morgan fingerprint density at radius 2 is 1.81 bits per heavy atom. The van der Waals surface area contributed by atoms with Crippen LogP contribution in [0.25, 0.3) is 0 Å². The van der Waals surface area contributed by atoms with Crippen LogP contribution in [0.15, 0.2) is 0 Å². The molecule has 124 valence electrons. The minimum atomic E-state index is 0.366. The molecule has 0 aliphatic carbocycles. The minimum absolute atomic E-state index is 0.366. The molecule has 2 N–H and O–H groups in total. The first-order valence-electron chi connectivity index (χ1n) is 9.11. The molecule has 0 atom stereocenters. The van der Waals surface area contributed by atoms with Crippen molar-refractivity contribution >= 4 is 5.91 Å². The average molecular weight is 296 g/mol. The molecule has 1 saturated heterocycles. The van der Waals surface area contributed by atoms with Gasteiger partial charge in [-0.05, 0) is 44.1 Å². The molecule has 1 aliphatic heterocycles. The van der Waals surface area contributed by atoms with Gasteiger partial charge < -0.3 is 10.6 Å². The van der Waals surface area contributed by atoms with Gasteiger partial charge in [0.2, 0.25) is 5.91 Å².